The van der Waals surface area contributed by atoms with Gasteiger partial charge >= 0.3 is 5.97 Å². The molecule has 1 aromatic carbocycles. The van der Waals surface area contributed by atoms with E-state index in [1.54, 1.807) is 0 Å². The molecule has 2 aliphatic rings. The van der Waals surface area contributed by atoms with Gasteiger partial charge in [0.1, 0.15) is 0 Å². The average molecular weight is 399 g/mol. The fourth-order valence-electron chi connectivity index (χ4n) is 3.85. The first-order valence-corrected chi connectivity index (χ1v) is 10.8. The first kappa shape index (κ1) is 19.2. The Morgan fingerprint density at radius 3 is 2.54 bits per heavy atom. The molecule has 1 heterocycles. The van der Waals surface area contributed by atoms with Crippen LogP contribution in [0.1, 0.15) is 40.9 Å². The van der Waals surface area contributed by atoms with E-state index < -0.39 is 5.97 Å². The standard InChI is InChI=1S/C22H26N2O3S/c1-14-2-6-16(7-3-14)19-8-9-28-21(19)22(27)23-17-10-18(11-17)24(13-20(25)26)12-15-4-5-15/h2-3,6-9,15,17-18H,4-5,10-13H2,1H3,(H,23,27)(H,25,26). The SMILES string of the molecule is Cc1ccc(-c2ccsc2C(=O)NC2CC(N(CC(=O)O)CC3CC3)C2)cc1. The van der Waals surface area contributed by atoms with Gasteiger partial charge in [-0.2, -0.15) is 0 Å². The molecule has 1 amide bonds. The lowest BCUT2D eigenvalue weighted by molar-refractivity contribution is -0.139. The summed E-state index contributed by atoms with van der Waals surface area (Å²) in [5, 5.41) is 14.3. The Morgan fingerprint density at radius 1 is 1.18 bits per heavy atom. The third-order valence-corrected chi connectivity index (χ3v) is 6.64. The number of nitrogens with zero attached hydrogens (tertiary/aromatic N) is 1. The third-order valence-electron chi connectivity index (χ3n) is 5.73. The Labute approximate surface area is 169 Å². The summed E-state index contributed by atoms with van der Waals surface area (Å²) in [7, 11) is 0. The lowest BCUT2D eigenvalue weighted by atomic mass is 9.85. The summed E-state index contributed by atoms with van der Waals surface area (Å²) in [6.45, 7) is 3.03. The predicted molar refractivity (Wildman–Crippen MR) is 111 cm³/mol. The monoisotopic (exact) mass is 398 g/mol. The van der Waals surface area contributed by atoms with E-state index in [2.05, 4.69) is 41.4 Å². The number of carbonyl (C=O) groups is 2. The van der Waals surface area contributed by atoms with Crippen LogP contribution in [0.25, 0.3) is 11.1 Å². The first-order chi connectivity index (χ1) is 13.5. The van der Waals surface area contributed by atoms with E-state index in [0.29, 0.717) is 5.92 Å². The summed E-state index contributed by atoms with van der Waals surface area (Å²) in [6, 6.07) is 10.6. The van der Waals surface area contributed by atoms with Crippen molar-refractivity contribution in [1.29, 1.82) is 0 Å². The second-order valence-electron chi connectivity index (χ2n) is 8.09. The molecule has 28 heavy (non-hydrogen) atoms. The molecule has 6 heteroatoms. The lowest BCUT2D eigenvalue weighted by Gasteiger charge is -2.42. The number of carboxylic acid groups (broad SMARTS) is 1. The molecule has 5 nitrogen and oxygen atoms in total. The van der Waals surface area contributed by atoms with Gasteiger partial charge in [0.05, 0.1) is 11.4 Å². The summed E-state index contributed by atoms with van der Waals surface area (Å²) in [5.41, 5.74) is 3.22. The second kappa shape index (κ2) is 8.05. The second-order valence-corrected chi connectivity index (χ2v) is 9.01. The van der Waals surface area contributed by atoms with Gasteiger partial charge in [-0.05, 0) is 55.5 Å². The number of nitrogens with one attached hydrogen (secondary N) is 1. The maximum atomic E-state index is 12.8. The molecule has 148 valence electrons. The normalized spacial score (nSPS) is 21.4. The van der Waals surface area contributed by atoms with E-state index in [4.69, 9.17) is 5.11 Å². The average Bonchev–Trinajstić information content (AvgIpc) is 3.29. The third kappa shape index (κ3) is 4.45. The van der Waals surface area contributed by atoms with Gasteiger partial charge in [0.15, 0.2) is 0 Å². The summed E-state index contributed by atoms with van der Waals surface area (Å²) in [6.07, 6.45) is 4.08. The molecule has 0 saturated heterocycles. The molecule has 2 aromatic rings. The zero-order chi connectivity index (χ0) is 19.7. The molecular weight excluding hydrogens is 372 g/mol. The van der Waals surface area contributed by atoms with Crippen LogP contribution in [0.3, 0.4) is 0 Å². The van der Waals surface area contributed by atoms with Crippen LogP contribution < -0.4 is 5.32 Å². The number of carboxylic acids is 1. The van der Waals surface area contributed by atoms with E-state index >= 15 is 0 Å². The van der Waals surface area contributed by atoms with Crippen molar-refractivity contribution in [2.75, 3.05) is 13.1 Å². The summed E-state index contributed by atoms with van der Waals surface area (Å²) < 4.78 is 0. The van der Waals surface area contributed by atoms with Crippen molar-refractivity contribution in [2.45, 2.75) is 44.7 Å². The van der Waals surface area contributed by atoms with Crippen LogP contribution in [0.2, 0.25) is 0 Å². The Morgan fingerprint density at radius 2 is 1.89 bits per heavy atom. The van der Waals surface area contributed by atoms with Gasteiger partial charge in [-0.1, -0.05) is 29.8 Å². The first-order valence-electron chi connectivity index (χ1n) is 9.91. The molecule has 0 unspecified atom stereocenters. The number of hydrogen-bond acceptors (Lipinski definition) is 4. The van der Waals surface area contributed by atoms with E-state index in [9.17, 15) is 9.59 Å². The highest BCUT2D eigenvalue weighted by Gasteiger charge is 2.38. The van der Waals surface area contributed by atoms with Crippen LogP contribution >= 0.6 is 11.3 Å². The zero-order valence-corrected chi connectivity index (χ0v) is 16.9. The van der Waals surface area contributed by atoms with Crippen LogP contribution in [0.15, 0.2) is 35.7 Å². The van der Waals surface area contributed by atoms with Gasteiger partial charge < -0.3 is 10.4 Å². The number of thiophene rings is 1. The van der Waals surface area contributed by atoms with E-state index in [1.165, 1.54) is 29.7 Å². The Hall–Kier alpha value is -2.18. The minimum absolute atomic E-state index is 0.0268. The topological polar surface area (TPSA) is 69.6 Å². The summed E-state index contributed by atoms with van der Waals surface area (Å²) in [4.78, 5) is 26.8. The van der Waals surface area contributed by atoms with Crippen molar-refractivity contribution in [3.8, 4) is 11.1 Å². The molecule has 0 aliphatic heterocycles. The number of rotatable bonds is 8. The van der Waals surface area contributed by atoms with E-state index in [0.717, 1.165) is 35.4 Å². The summed E-state index contributed by atoms with van der Waals surface area (Å²) >= 11 is 1.47. The van der Waals surface area contributed by atoms with Crippen molar-refractivity contribution >= 4 is 23.2 Å². The molecule has 2 aliphatic carbocycles. The van der Waals surface area contributed by atoms with Gasteiger partial charge in [0.25, 0.3) is 5.91 Å². The van der Waals surface area contributed by atoms with Crippen LogP contribution in [0.5, 0.6) is 0 Å². The largest absolute Gasteiger partial charge is 0.480 e. The van der Waals surface area contributed by atoms with Crippen molar-refractivity contribution in [2.24, 2.45) is 5.92 Å². The highest BCUT2D eigenvalue weighted by Crippen LogP contribution is 2.34. The predicted octanol–water partition coefficient (Wildman–Crippen LogP) is 3.78. The number of hydrogen-bond donors (Lipinski definition) is 2. The van der Waals surface area contributed by atoms with Gasteiger partial charge in [0.2, 0.25) is 0 Å². The minimum atomic E-state index is -0.769. The van der Waals surface area contributed by atoms with Crippen molar-refractivity contribution < 1.29 is 14.7 Å². The Balaban J connectivity index is 1.35. The molecule has 2 fully saturated rings. The van der Waals surface area contributed by atoms with Crippen LogP contribution in [0, 0.1) is 12.8 Å². The highest BCUT2D eigenvalue weighted by atomic mass is 32.1. The maximum Gasteiger partial charge on any atom is 0.317 e. The smallest absolute Gasteiger partial charge is 0.317 e. The number of amides is 1. The maximum absolute atomic E-state index is 12.8. The van der Waals surface area contributed by atoms with E-state index in [-0.39, 0.29) is 24.5 Å². The van der Waals surface area contributed by atoms with Gasteiger partial charge in [-0.3, -0.25) is 14.5 Å². The molecule has 0 atom stereocenters. The Kier molecular flexibility index (Phi) is 5.51. The van der Waals surface area contributed by atoms with Gasteiger partial charge in [-0.25, -0.2) is 0 Å². The Bertz CT molecular complexity index is 851. The molecule has 4 rings (SSSR count). The molecule has 0 bridgehead atoms. The number of benzene rings is 1. The quantitative estimate of drug-likeness (QED) is 0.710. The van der Waals surface area contributed by atoms with Crippen LogP contribution in [-0.2, 0) is 4.79 Å². The fraction of sp³-hybridized carbons (Fsp3) is 0.455. The number of aryl methyl sites for hydroxylation is 1. The summed E-state index contributed by atoms with van der Waals surface area (Å²) in [5.74, 6) is -0.133. The van der Waals surface area contributed by atoms with Crippen LogP contribution in [0.4, 0.5) is 0 Å². The lowest BCUT2D eigenvalue weighted by Crippen LogP contribution is -2.55. The fourth-order valence-corrected chi connectivity index (χ4v) is 4.67. The molecule has 0 spiro atoms. The van der Waals surface area contributed by atoms with Gasteiger partial charge in [0, 0.05) is 24.2 Å². The molecular formula is C22H26N2O3S. The molecule has 2 saturated carbocycles. The molecule has 2 N–H and O–H groups in total. The minimum Gasteiger partial charge on any atom is -0.480 e. The number of aliphatic carboxylic acids is 1. The van der Waals surface area contributed by atoms with E-state index in [1.807, 2.05) is 11.4 Å². The highest BCUT2D eigenvalue weighted by molar-refractivity contribution is 7.12. The van der Waals surface area contributed by atoms with Crippen molar-refractivity contribution in [1.82, 2.24) is 10.2 Å². The molecule has 1 aromatic heterocycles. The van der Waals surface area contributed by atoms with Crippen molar-refractivity contribution in [3.05, 3.63) is 46.2 Å². The van der Waals surface area contributed by atoms with Crippen molar-refractivity contribution in [3.63, 3.8) is 0 Å². The van der Waals surface area contributed by atoms with Crippen LogP contribution in [-0.4, -0.2) is 47.1 Å². The molecule has 0 radical (unpaired) electrons. The zero-order valence-electron chi connectivity index (χ0n) is 16.1. The number of carbonyl (C=O) groups excluding carboxylic acids is 1. The van der Waals surface area contributed by atoms with Gasteiger partial charge in [-0.15, -0.1) is 11.3 Å².